The van der Waals surface area contributed by atoms with Crippen molar-refractivity contribution in [1.29, 1.82) is 0 Å². The predicted octanol–water partition coefficient (Wildman–Crippen LogP) is 2.12. The van der Waals surface area contributed by atoms with Gasteiger partial charge < -0.3 is 14.8 Å². The monoisotopic (exact) mass is 346 g/mol. The standard InChI is InChI=1S/C18H26N4O3/c1-12-18(13(2)22(4)20-12)19-17(23)11-21(3)10-14-7-8-15(24-5)9-16(14)25-6/h7-9H,10-11H2,1-6H3,(H,19,23). The third-order valence-electron chi connectivity index (χ3n) is 4.12. The maximum Gasteiger partial charge on any atom is 0.238 e. The van der Waals surface area contributed by atoms with Crippen LogP contribution in [0.3, 0.4) is 0 Å². The Bertz CT molecular complexity index is 755. The lowest BCUT2D eigenvalue weighted by Crippen LogP contribution is -2.30. The Labute approximate surface area is 148 Å². The van der Waals surface area contributed by atoms with Crippen molar-refractivity contribution in [2.75, 3.05) is 33.1 Å². The molecule has 0 saturated heterocycles. The SMILES string of the molecule is COc1ccc(CN(C)CC(=O)Nc2c(C)nn(C)c2C)c(OC)c1. The van der Waals surface area contributed by atoms with Crippen LogP contribution >= 0.6 is 0 Å². The first-order chi connectivity index (χ1) is 11.8. The minimum Gasteiger partial charge on any atom is -0.497 e. The summed E-state index contributed by atoms with van der Waals surface area (Å²) >= 11 is 0. The zero-order valence-electron chi connectivity index (χ0n) is 15.7. The van der Waals surface area contributed by atoms with Crippen LogP contribution in [-0.2, 0) is 18.4 Å². The molecule has 0 atom stereocenters. The van der Waals surface area contributed by atoms with Crippen LogP contribution in [0.15, 0.2) is 18.2 Å². The highest BCUT2D eigenvalue weighted by molar-refractivity contribution is 5.93. The number of benzene rings is 1. The van der Waals surface area contributed by atoms with Crippen LogP contribution in [0.5, 0.6) is 11.5 Å². The molecule has 136 valence electrons. The Morgan fingerprint density at radius 1 is 1.28 bits per heavy atom. The summed E-state index contributed by atoms with van der Waals surface area (Å²) in [5.74, 6) is 1.41. The van der Waals surface area contributed by atoms with E-state index in [0.717, 1.165) is 34.1 Å². The number of carbonyl (C=O) groups excluding carboxylic acids is 1. The van der Waals surface area contributed by atoms with Gasteiger partial charge in [0.2, 0.25) is 5.91 Å². The van der Waals surface area contributed by atoms with E-state index in [-0.39, 0.29) is 12.5 Å². The number of carbonyl (C=O) groups is 1. The Morgan fingerprint density at radius 3 is 2.56 bits per heavy atom. The lowest BCUT2D eigenvalue weighted by Gasteiger charge is -2.18. The number of hydrogen-bond donors (Lipinski definition) is 1. The van der Waals surface area contributed by atoms with E-state index in [9.17, 15) is 4.79 Å². The predicted molar refractivity (Wildman–Crippen MR) is 97.2 cm³/mol. The first-order valence-corrected chi connectivity index (χ1v) is 8.05. The number of anilines is 1. The molecular weight excluding hydrogens is 320 g/mol. The summed E-state index contributed by atoms with van der Waals surface area (Å²) < 4.78 is 12.4. The maximum absolute atomic E-state index is 12.3. The fourth-order valence-corrected chi connectivity index (χ4v) is 2.71. The van der Waals surface area contributed by atoms with E-state index >= 15 is 0 Å². The highest BCUT2D eigenvalue weighted by Gasteiger charge is 2.15. The van der Waals surface area contributed by atoms with Crippen LogP contribution < -0.4 is 14.8 Å². The molecule has 0 spiro atoms. The van der Waals surface area contributed by atoms with Crippen LogP contribution in [0.1, 0.15) is 17.0 Å². The van der Waals surface area contributed by atoms with Crippen molar-refractivity contribution >= 4 is 11.6 Å². The molecule has 0 radical (unpaired) electrons. The number of methoxy groups -OCH3 is 2. The summed E-state index contributed by atoms with van der Waals surface area (Å²) in [6, 6.07) is 5.67. The molecule has 1 amide bonds. The zero-order chi connectivity index (χ0) is 18.6. The van der Waals surface area contributed by atoms with E-state index in [2.05, 4.69) is 10.4 Å². The number of nitrogens with zero attached hydrogens (tertiary/aromatic N) is 3. The number of nitrogens with one attached hydrogen (secondary N) is 1. The summed E-state index contributed by atoms with van der Waals surface area (Å²) in [6.45, 7) is 4.67. The number of rotatable bonds is 7. The van der Waals surface area contributed by atoms with Gasteiger partial charge in [0.15, 0.2) is 0 Å². The minimum absolute atomic E-state index is 0.0748. The smallest absolute Gasteiger partial charge is 0.238 e. The number of amides is 1. The van der Waals surface area contributed by atoms with Gasteiger partial charge in [0, 0.05) is 25.2 Å². The summed E-state index contributed by atoms with van der Waals surface area (Å²) in [5, 5.41) is 7.26. The molecule has 0 aliphatic carbocycles. The van der Waals surface area contributed by atoms with Crippen LogP contribution in [0.2, 0.25) is 0 Å². The molecule has 1 aromatic heterocycles. The Kier molecular flexibility index (Phi) is 6.03. The van der Waals surface area contributed by atoms with E-state index in [4.69, 9.17) is 9.47 Å². The van der Waals surface area contributed by atoms with Gasteiger partial charge >= 0.3 is 0 Å². The molecule has 7 nitrogen and oxygen atoms in total. The van der Waals surface area contributed by atoms with Gasteiger partial charge in [0.1, 0.15) is 11.5 Å². The van der Waals surface area contributed by atoms with Crippen molar-refractivity contribution in [3.63, 3.8) is 0 Å². The molecule has 0 bridgehead atoms. The molecule has 0 fully saturated rings. The molecular formula is C18H26N4O3. The highest BCUT2D eigenvalue weighted by atomic mass is 16.5. The van der Waals surface area contributed by atoms with Gasteiger partial charge in [0.05, 0.1) is 37.8 Å². The van der Waals surface area contributed by atoms with E-state index in [1.807, 2.05) is 51.0 Å². The van der Waals surface area contributed by atoms with Crippen molar-refractivity contribution < 1.29 is 14.3 Å². The normalized spacial score (nSPS) is 10.8. The van der Waals surface area contributed by atoms with Crippen molar-refractivity contribution in [3.8, 4) is 11.5 Å². The summed E-state index contributed by atoms with van der Waals surface area (Å²) in [4.78, 5) is 14.3. The topological polar surface area (TPSA) is 68.6 Å². The summed E-state index contributed by atoms with van der Waals surface area (Å²) in [5.41, 5.74) is 3.52. The van der Waals surface area contributed by atoms with Gasteiger partial charge in [-0.3, -0.25) is 14.4 Å². The third-order valence-corrected chi connectivity index (χ3v) is 4.12. The molecule has 2 aromatic rings. The van der Waals surface area contributed by atoms with Crippen molar-refractivity contribution in [1.82, 2.24) is 14.7 Å². The fourth-order valence-electron chi connectivity index (χ4n) is 2.71. The number of ether oxygens (including phenoxy) is 2. The molecule has 7 heteroatoms. The van der Waals surface area contributed by atoms with E-state index in [0.29, 0.717) is 6.54 Å². The van der Waals surface area contributed by atoms with Crippen molar-refractivity contribution in [2.24, 2.45) is 7.05 Å². The first kappa shape index (κ1) is 18.8. The lowest BCUT2D eigenvalue weighted by atomic mass is 10.2. The van der Waals surface area contributed by atoms with E-state index in [1.165, 1.54) is 0 Å². The quantitative estimate of drug-likeness (QED) is 0.832. The van der Waals surface area contributed by atoms with Crippen LogP contribution in [-0.4, -0.2) is 48.4 Å². The Hall–Kier alpha value is -2.54. The molecule has 0 unspecified atom stereocenters. The largest absolute Gasteiger partial charge is 0.497 e. The molecule has 1 heterocycles. The molecule has 0 aliphatic heterocycles. The first-order valence-electron chi connectivity index (χ1n) is 8.05. The molecule has 0 aliphatic rings. The average Bonchev–Trinajstić information content (AvgIpc) is 2.81. The maximum atomic E-state index is 12.3. The van der Waals surface area contributed by atoms with E-state index in [1.54, 1.807) is 18.9 Å². The number of likely N-dealkylation sites (N-methyl/N-ethyl adjacent to an activating group) is 1. The molecule has 1 N–H and O–H groups in total. The second-order valence-corrected chi connectivity index (χ2v) is 6.07. The molecule has 1 aromatic carbocycles. The summed E-state index contributed by atoms with van der Waals surface area (Å²) in [6.07, 6.45) is 0. The summed E-state index contributed by atoms with van der Waals surface area (Å²) in [7, 11) is 7.00. The van der Waals surface area contributed by atoms with Gasteiger partial charge in [-0.15, -0.1) is 0 Å². The fraction of sp³-hybridized carbons (Fsp3) is 0.444. The van der Waals surface area contributed by atoms with Crippen molar-refractivity contribution in [3.05, 3.63) is 35.2 Å². The number of hydrogen-bond acceptors (Lipinski definition) is 5. The van der Waals surface area contributed by atoms with Gasteiger partial charge in [-0.1, -0.05) is 6.07 Å². The molecule has 2 rings (SSSR count). The third kappa shape index (κ3) is 4.51. The average molecular weight is 346 g/mol. The van der Waals surface area contributed by atoms with Crippen LogP contribution in [0.25, 0.3) is 0 Å². The second kappa shape index (κ2) is 8.02. The van der Waals surface area contributed by atoms with Crippen LogP contribution in [0.4, 0.5) is 5.69 Å². The number of aryl methyl sites for hydroxylation is 2. The minimum atomic E-state index is -0.0748. The van der Waals surface area contributed by atoms with Gasteiger partial charge in [-0.05, 0) is 27.0 Å². The Balaban J connectivity index is 2.00. The van der Waals surface area contributed by atoms with Crippen molar-refractivity contribution in [2.45, 2.75) is 20.4 Å². The zero-order valence-corrected chi connectivity index (χ0v) is 15.7. The lowest BCUT2D eigenvalue weighted by molar-refractivity contribution is -0.117. The van der Waals surface area contributed by atoms with E-state index < -0.39 is 0 Å². The molecule has 0 saturated carbocycles. The van der Waals surface area contributed by atoms with Gasteiger partial charge in [-0.2, -0.15) is 5.10 Å². The second-order valence-electron chi connectivity index (χ2n) is 6.07. The number of aromatic nitrogens is 2. The van der Waals surface area contributed by atoms with Gasteiger partial charge in [0.25, 0.3) is 0 Å². The van der Waals surface area contributed by atoms with Crippen LogP contribution in [0, 0.1) is 13.8 Å². The van der Waals surface area contributed by atoms with Gasteiger partial charge in [-0.25, -0.2) is 0 Å². The Morgan fingerprint density at radius 2 is 2.00 bits per heavy atom. The highest BCUT2D eigenvalue weighted by Crippen LogP contribution is 2.25. The molecule has 25 heavy (non-hydrogen) atoms.